The zero-order valence-corrected chi connectivity index (χ0v) is 8.33. The van der Waals surface area contributed by atoms with Crippen molar-refractivity contribution in [2.24, 2.45) is 0 Å². The highest BCUT2D eigenvalue weighted by Gasteiger charge is 2.12. The van der Waals surface area contributed by atoms with Gasteiger partial charge in [-0.3, -0.25) is 15.0 Å². The summed E-state index contributed by atoms with van der Waals surface area (Å²) < 4.78 is 0. The van der Waals surface area contributed by atoms with Crippen molar-refractivity contribution in [3.63, 3.8) is 0 Å². The summed E-state index contributed by atoms with van der Waals surface area (Å²) in [5.41, 5.74) is 1.82. The van der Waals surface area contributed by atoms with E-state index in [9.17, 15) is 4.79 Å². The molecule has 7 nitrogen and oxygen atoms in total. The van der Waals surface area contributed by atoms with E-state index in [0.29, 0.717) is 5.82 Å². The lowest BCUT2D eigenvalue weighted by Gasteiger charge is -1.99. The smallest absolute Gasteiger partial charge is 0.294 e. The average molecular weight is 206 g/mol. The number of carbonyl (C=O) groups is 1. The minimum atomic E-state index is -0.359. The number of aromatic amines is 2. The van der Waals surface area contributed by atoms with Gasteiger partial charge in [0.25, 0.3) is 5.91 Å². The Kier molecular flexibility index (Phi) is 2.20. The predicted octanol–water partition coefficient (Wildman–Crippen LogP) is 0.397. The Labute approximate surface area is 85.3 Å². The fraction of sp³-hybridized carbons (Fsp3) is 0.250. The van der Waals surface area contributed by atoms with E-state index >= 15 is 0 Å². The van der Waals surface area contributed by atoms with Gasteiger partial charge in [-0.2, -0.15) is 10.2 Å². The highest BCUT2D eigenvalue weighted by Crippen LogP contribution is 2.13. The van der Waals surface area contributed by atoms with Crippen molar-refractivity contribution in [2.75, 3.05) is 5.32 Å². The van der Waals surface area contributed by atoms with E-state index in [-0.39, 0.29) is 11.7 Å². The summed E-state index contributed by atoms with van der Waals surface area (Å²) >= 11 is 0. The molecule has 7 heteroatoms. The van der Waals surface area contributed by atoms with E-state index in [1.165, 1.54) is 6.33 Å². The number of anilines is 1. The number of amides is 1. The summed E-state index contributed by atoms with van der Waals surface area (Å²) in [6.07, 6.45) is 1.28. The van der Waals surface area contributed by atoms with Crippen LogP contribution in [0.3, 0.4) is 0 Å². The number of carbonyl (C=O) groups excluding carboxylic acids is 1. The highest BCUT2D eigenvalue weighted by molar-refractivity contribution is 6.01. The van der Waals surface area contributed by atoms with Crippen molar-refractivity contribution >= 4 is 11.7 Å². The third kappa shape index (κ3) is 1.71. The van der Waals surface area contributed by atoms with Crippen LogP contribution in [0.1, 0.15) is 21.9 Å². The largest absolute Gasteiger partial charge is 0.302 e. The molecular formula is C8H10N6O. The summed E-state index contributed by atoms with van der Waals surface area (Å²) in [5, 5.41) is 15.4. The number of nitrogens with one attached hydrogen (secondary N) is 3. The molecule has 2 aromatic rings. The Hall–Kier alpha value is -2.18. The second-order valence-corrected chi connectivity index (χ2v) is 3.11. The van der Waals surface area contributed by atoms with Crippen LogP contribution in [0, 0.1) is 13.8 Å². The van der Waals surface area contributed by atoms with Crippen LogP contribution >= 0.6 is 0 Å². The van der Waals surface area contributed by atoms with Crippen LogP contribution in [0.5, 0.6) is 0 Å². The molecule has 0 saturated heterocycles. The van der Waals surface area contributed by atoms with Crippen molar-refractivity contribution in [2.45, 2.75) is 13.8 Å². The molecule has 0 aliphatic heterocycles. The van der Waals surface area contributed by atoms with Crippen LogP contribution in [-0.2, 0) is 0 Å². The topological polar surface area (TPSA) is 99.3 Å². The third-order valence-corrected chi connectivity index (χ3v) is 2.12. The molecule has 1 amide bonds. The van der Waals surface area contributed by atoms with Crippen molar-refractivity contribution in [1.29, 1.82) is 0 Å². The molecule has 2 rings (SSSR count). The Morgan fingerprint density at radius 2 is 2.20 bits per heavy atom. The van der Waals surface area contributed by atoms with E-state index < -0.39 is 0 Å². The van der Waals surface area contributed by atoms with Crippen LogP contribution in [0.25, 0.3) is 0 Å². The van der Waals surface area contributed by atoms with Gasteiger partial charge >= 0.3 is 0 Å². The lowest BCUT2D eigenvalue weighted by molar-refractivity contribution is 0.101. The van der Waals surface area contributed by atoms with Gasteiger partial charge in [-0.25, -0.2) is 4.98 Å². The maximum atomic E-state index is 11.5. The van der Waals surface area contributed by atoms with E-state index in [2.05, 4.69) is 30.7 Å². The van der Waals surface area contributed by atoms with Crippen molar-refractivity contribution in [3.05, 3.63) is 23.4 Å². The van der Waals surface area contributed by atoms with Crippen LogP contribution in [0.15, 0.2) is 6.33 Å². The molecule has 0 spiro atoms. The quantitative estimate of drug-likeness (QED) is 0.662. The maximum absolute atomic E-state index is 11.5. The first-order valence-electron chi connectivity index (χ1n) is 4.36. The number of aryl methyl sites for hydroxylation is 1. The highest BCUT2D eigenvalue weighted by atomic mass is 16.2. The maximum Gasteiger partial charge on any atom is 0.294 e. The van der Waals surface area contributed by atoms with Crippen LogP contribution < -0.4 is 5.32 Å². The molecule has 0 aliphatic rings. The zero-order chi connectivity index (χ0) is 10.8. The lowest BCUT2D eigenvalue weighted by Crippen LogP contribution is -2.14. The summed E-state index contributed by atoms with van der Waals surface area (Å²) in [7, 11) is 0. The summed E-state index contributed by atoms with van der Waals surface area (Å²) in [6.45, 7) is 3.75. The van der Waals surface area contributed by atoms with E-state index in [1.807, 2.05) is 13.8 Å². The second kappa shape index (κ2) is 3.52. The van der Waals surface area contributed by atoms with Gasteiger partial charge in [0, 0.05) is 11.3 Å². The SMILES string of the molecule is Cc1[nH]nc(NC(=O)c2ncn[nH]2)c1C. The Morgan fingerprint density at radius 3 is 2.73 bits per heavy atom. The van der Waals surface area contributed by atoms with Crippen LogP contribution in [0.4, 0.5) is 5.82 Å². The molecule has 0 bridgehead atoms. The number of hydrogen-bond acceptors (Lipinski definition) is 4. The lowest BCUT2D eigenvalue weighted by atomic mass is 10.3. The van der Waals surface area contributed by atoms with Gasteiger partial charge in [-0.05, 0) is 13.8 Å². The molecular weight excluding hydrogens is 196 g/mol. The third-order valence-electron chi connectivity index (χ3n) is 2.12. The van der Waals surface area contributed by atoms with Gasteiger partial charge in [0.1, 0.15) is 6.33 Å². The Morgan fingerprint density at radius 1 is 1.40 bits per heavy atom. The van der Waals surface area contributed by atoms with Gasteiger partial charge in [-0.1, -0.05) is 0 Å². The first kappa shape index (κ1) is 9.38. The standard InChI is InChI=1S/C8H10N6O/c1-4-5(2)12-14-6(4)11-8(15)7-9-3-10-13-7/h3H,1-2H3,(H,9,10,13)(H2,11,12,14,15). The monoisotopic (exact) mass is 206 g/mol. The Balaban J connectivity index is 2.16. The fourth-order valence-electron chi connectivity index (χ4n) is 1.09. The zero-order valence-electron chi connectivity index (χ0n) is 8.33. The van der Waals surface area contributed by atoms with Crippen molar-refractivity contribution in [1.82, 2.24) is 25.4 Å². The normalized spacial score (nSPS) is 10.3. The van der Waals surface area contributed by atoms with Crippen molar-refractivity contribution < 1.29 is 4.79 Å². The number of nitrogens with zero attached hydrogens (tertiary/aromatic N) is 3. The summed E-state index contributed by atoms with van der Waals surface area (Å²) in [6, 6.07) is 0. The minimum Gasteiger partial charge on any atom is -0.302 e. The van der Waals surface area contributed by atoms with Gasteiger partial charge in [0.2, 0.25) is 5.82 Å². The van der Waals surface area contributed by atoms with Crippen molar-refractivity contribution in [3.8, 4) is 0 Å². The first-order chi connectivity index (χ1) is 7.18. The predicted molar refractivity (Wildman–Crippen MR) is 52.4 cm³/mol. The molecule has 0 radical (unpaired) electrons. The van der Waals surface area contributed by atoms with E-state index in [4.69, 9.17) is 0 Å². The fourth-order valence-corrected chi connectivity index (χ4v) is 1.09. The number of aromatic nitrogens is 5. The summed E-state index contributed by atoms with van der Waals surface area (Å²) in [4.78, 5) is 15.3. The van der Waals surface area contributed by atoms with Crippen LogP contribution in [0.2, 0.25) is 0 Å². The van der Waals surface area contributed by atoms with Gasteiger partial charge < -0.3 is 5.32 Å². The number of rotatable bonds is 2. The number of H-pyrrole nitrogens is 2. The van der Waals surface area contributed by atoms with Gasteiger partial charge in [0.15, 0.2) is 5.82 Å². The molecule has 0 fully saturated rings. The van der Waals surface area contributed by atoms with Gasteiger partial charge in [0.05, 0.1) is 0 Å². The molecule has 0 atom stereocenters. The molecule has 2 heterocycles. The molecule has 2 aromatic heterocycles. The van der Waals surface area contributed by atoms with Crippen LogP contribution in [-0.4, -0.2) is 31.3 Å². The molecule has 15 heavy (non-hydrogen) atoms. The Bertz CT molecular complexity index is 471. The molecule has 0 aromatic carbocycles. The molecule has 0 aliphatic carbocycles. The molecule has 78 valence electrons. The van der Waals surface area contributed by atoms with E-state index in [0.717, 1.165) is 11.3 Å². The average Bonchev–Trinajstić information content (AvgIpc) is 2.83. The number of hydrogen-bond donors (Lipinski definition) is 3. The second-order valence-electron chi connectivity index (χ2n) is 3.11. The summed E-state index contributed by atoms with van der Waals surface area (Å²) in [5.74, 6) is 0.311. The molecule has 0 saturated carbocycles. The van der Waals surface area contributed by atoms with E-state index in [1.54, 1.807) is 0 Å². The molecule has 3 N–H and O–H groups in total. The van der Waals surface area contributed by atoms with Gasteiger partial charge in [-0.15, -0.1) is 0 Å². The minimum absolute atomic E-state index is 0.162. The molecule has 0 unspecified atom stereocenters. The first-order valence-corrected chi connectivity index (χ1v) is 4.36.